The minimum absolute atomic E-state index is 0.111. The fraction of sp³-hybridized carbons (Fsp3) is 0.238. The van der Waals surface area contributed by atoms with E-state index in [-0.39, 0.29) is 11.5 Å². The Kier molecular flexibility index (Phi) is 5.54. The molecule has 3 aromatic rings. The molecule has 0 bridgehead atoms. The van der Waals surface area contributed by atoms with E-state index in [9.17, 15) is 14.9 Å². The van der Waals surface area contributed by atoms with Gasteiger partial charge in [0.1, 0.15) is 5.69 Å². The van der Waals surface area contributed by atoms with E-state index in [4.69, 9.17) is 0 Å². The summed E-state index contributed by atoms with van der Waals surface area (Å²) >= 11 is 0. The third-order valence-corrected chi connectivity index (χ3v) is 4.76. The third kappa shape index (κ3) is 4.09. The van der Waals surface area contributed by atoms with Crippen LogP contribution in [0.5, 0.6) is 0 Å². The molecule has 0 saturated heterocycles. The Morgan fingerprint density at radius 3 is 2.54 bits per heavy atom. The van der Waals surface area contributed by atoms with E-state index in [0.717, 1.165) is 22.5 Å². The van der Waals surface area contributed by atoms with Crippen LogP contribution in [-0.4, -0.2) is 20.5 Å². The Bertz CT molecular complexity index is 1030. The number of benzene rings is 2. The van der Waals surface area contributed by atoms with Crippen molar-refractivity contribution in [3.63, 3.8) is 0 Å². The molecule has 3 rings (SSSR count). The molecule has 0 saturated carbocycles. The van der Waals surface area contributed by atoms with Crippen molar-refractivity contribution < 1.29 is 9.72 Å². The number of Topliss-reactive ketones (excluding diaryl/α,β-unsaturated/α-hetero) is 1. The van der Waals surface area contributed by atoms with Gasteiger partial charge in [0, 0.05) is 29.4 Å². The van der Waals surface area contributed by atoms with Crippen molar-refractivity contribution in [2.75, 3.05) is 5.32 Å². The van der Waals surface area contributed by atoms with Crippen molar-refractivity contribution in [2.24, 2.45) is 0 Å². The van der Waals surface area contributed by atoms with Gasteiger partial charge in [-0.2, -0.15) is 5.10 Å². The summed E-state index contributed by atoms with van der Waals surface area (Å²) in [5, 5.41) is 19.1. The average molecular weight is 378 g/mol. The largest absolute Gasteiger partial charge is 0.375 e. The van der Waals surface area contributed by atoms with Crippen LogP contribution in [0.25, 0.3) is 0 Å². The number of carbonyl (C=O) groups is 1. The van der Waals surface area contributed by atoms with Crippen molar-refractivity contribution in [3.05, 3.63) is 86.7 Å². The molecule has 0 radical (unpaired) electrons. The first-order valence-electron chi connectivity index (χ1n) is 8.97. The minimum Gasteiger partial charge on any atom is -0.375 e. The van der Waals surface area contributed by atoms with Crippen LogP contribution in [0.1, 0.15) is 39.8 Å². The van der Waals surface area contributed by atoms with E-state index in [1.165, 1.54) is 13.0 Å². The third-order valence-electron chi connectivity index (χ3n) is 4.76. The number of hydrogen-bond acceptors (Lipinski definition) is 5. The van der Waals surface area contributed by atoms with Crippen LogP contribution in [-0.2, 0) is 13.1 Å². The number of rotatable bonds is 7. The quantitative estimate of drug-likeness (QED) is 0.377. The molecule has 0 aliphatic carbocycles. The lowest BCUT2D eigenvalue weighted by molar-refractivity contribution is -0.384. The summed E-state index contributed by atoms with van der Waals surface area (Å²) in [6, 6.07) is 14.5. The van der Waals surface area contributed by atoms with Gasteiger partial charge in [-0.3, -0.25) is 19.6 Å². The first-order chi connectivity index (χ1) is 13.4. The van der Waals surface area contributed by atoms with Gasteiger partial charge in [-0.25, -0.2) is 0 Å². The summed E-state index contributed by atoms with van der Waals surface area (Å²) in [6.07, 6.45) is 0. The van der Waals surface area contributed by atoms with Crippen molar-refractivity contribution >= 4 is 17.2 Å². The average Bonchev–Trinajstić information content (AvgIpc) is 2.93. The number of nitro groups is 1. The fourth-order valence-corrected chi connectivity index (χ4v) is 3.13. The molecule has 2 aromatic carbocycles. The Balaban J connectivity index is 1.82. The molecule has 7 nitrogen and oxygen atoms in total. The number of aryl methyl sites for hydroxylation is 1. The lowest BCUT2D eigenvalue weighted by Gasteiger charge is -2.09. The monoisotopic (exact) mass is 378 g/mol. The van der Waals surface area contributed by atoms with Gasteiger partial charge < -0.3 is 5.32 Å². The number of nitro benzene ring substituents is 1. The summed E-state index contributed by atoms with van der Waals surface area (Å²) in [7, 11) is 0. The highest BCUT2D eigenvalue weighted by molar-refractivity contribution is 5.95. The SMILES string of the molecule is CC(=O)c1ccc(NCc2c(C)nn(Cc3ccccc3)c2C)c([N+](=O)[O-])c1. The number of ketones is 1. The van der Waals surface area contributed by atoms with Crippen LogP contribution in [0.2, 0.25) is 0 Å². The van der Waals surface area contributed by atoms with E-state index in [1.54, 1.807) is 12.1 Å². The first-order valence-corrected chi connectivity index (χ1v) is 8.97. The van der Waals surface area contributed by atoms with Crippen LogP contribution in [0.3, 0.4) is 0 Å². The van der Waals surface area contributed by atoms with Gasteiger partial charge >= 0.3 is 0 Å². The summed E-state index contributed by atoms with van der Waals surface area (Å²) in [6.45, 7) is 6.39. The molecule has 28 heavy (non-hydrogen) atoms. The Morgan fingerprint density at radius 2 is 1.89 bits per heavy atom. The number of carbonyl (C=O) groups excluding carboxylic acids is 1. The zero-order valence-corrected chi connectivity index (χ0v) is 16.1. The second-order valence-electron chi connectivity index (χ2n) is 6.69. The maximum absolute atomic E-state index is 11.5. The molecule has 0 amide bonds. The Labute approximate surface area is 163 Å². The van der Waals surface area contributed by atoms with E-state index >= 15 is 0 Å². The van der Waals surface area contributed by atoms with E-state index in [2.05, 4.69) is 10.4 Å². The molecule has 1 heterocycles. The zero-order chi connectivity index (χ0) is 20.3. The number of anilines is 1. The number of aromatic nitrogens is 2. The van der Waals surface area contributed by atoms with Crippen molar-refractivity contribution in [1.29, 1.82) is 0 Å². The molecular formula is C21H22N4O3. The van der Waals surface area contributed by atoms with Crippen LogP contribution in [0.4, 0.5) is 11.4 Å². The van der Waals surface area contributed by atoms with E-state index in [1.807, 2.05) is 48.9 Å². The highest BCUT2D eigenvalue weighted by Gasteiger charge is 2.18. The van der Waals surface area contributed by atoms with E-state index in [0.29, 0.717) is 24.3 Å². The number of nitrogens with one attached hydrogen (secondary N) is 1. The smallest absolute Gasteiger partial charge is 0.293 e. The minimum atomic E-state index is -0.479. The normalized spacial score (nSPS) is 10.7. The molecule has 0 aliphatic heterocycles. The van der Waals surface area contributed by atoms with Gasteiger partial charge in [-0.1, -0.05) is 30.3 Å². The molecule has 1 N–H and O–H groups in total. The molecular weight excluding hydrogens is 356 g/mol. The molecule has 7 heteroatoms. The topological polar surface area (TPSA) is 90.1 Å². The van der Waals surface area contributed by atoms with Gasteiger partial charge in [-0.15, -0.1) is 0 Å². The first kappa shape index (κ1) is 19.3. The maximum atomic E-state index is 11.5. The van der Waals surface area contributed by atoms with Gasteiger partial charge in [0.15, 0.2) is 5.78 Å². The predicted molar refractivity (Wildman–Crippen MR) is 108 cm³/mol. The number of nitrogens with zero attached hydrogens (tertiary/aromatic N) is 3. The zero-order valence-electron chi connectivity index (χ0n) is 16.1. The molecule has 0 spiro atoms. The van der Waals surface area contributed by atoms with Gasteiger partial charge in [0.05, 0.1) is 17.2 Å². The molecule has 0 unspecified atom stereocenters. The fourth-order valence-electron chi connectivity index (χ4n) is 3.13. The van der Waals surface area contributed by atoms with Gasteiger partial charge in [-0.05, 0) is 38.5 Å². The van der Waals surface area contributed by atoms with Crippen molar-refractivity contribution in [2.45, 2.75) is 33.9 Å². The van der Waals surface area contributed by atoms with Gasteiger partial charge in [0.25, 0.3) is 5.69 Å². The summed E-state index contributed by atoms with van der Waals surface area (Å²) in [4.78, 5) is 22.4. The molecule has 0 atom stereocenters. The van der Waals surface area contributed by atoms with Crippen molar-refractivity contribution in [1.82, 2.24) is 9.78 Å². The summed E-state index contributed by atoms with van der Waals surface area (Å²) in [5.41, 5.74) is 4.63. The molecule has 0 aliphatic rings. The highest BCUT2D eigenvalue weighted by atomic mass is 16.6. The Hall–Kier alpha value is -3.48. The maximum Gasteiger partial charge on any atom is 0.293 e. The second-order valence-corrected chi connectivity index (χ2v) is 6.69. The predicted octanol–water partition coefficient (Wildman–Crippen LogP) is 4.27. The molecule has 144 valence electrons. The molecule has 1 aromatic heterocycles. The lowest BCUT2D eigenvalue weighted by Crippen LogP contribution is -2.07. The van der Waals surface area contributed by atoms with E-state index < -0.39 is 4.92 Å². The van der Waals surface area contributed by atoms with Crippen molar-refractivity contribution in [3.8, 4) is 0 Å². The van der Waals surface area contributed by atoms with Crippen LogP contribution >= 0.6 is 0 Å². The molecule has 0 fully saturated rings. The summed E-state index contributed by atoms with van der Waals surface area (Å²) < 4.78 is 1.94. The number of hydrogen-bond donors (Lipinski definition) is 1. The lowest BCUT2D eigenvalue weighted by atomic mass is 10.1. The van der Waals surface area contributed by atoms with Crippen LogP contribution in [0.15, 0.2) is 48.5 Å². The second kappa shape index (κ2) is 8.04. The van der Waals surface area contributed by atoms with Crippen LogP contribution in [0, 0.1) is 24.0 Å². The standard InChI is InChI=1S/C21H22N4O3/c1-14-19(15(2)24(23-14)13-17-7-5-4-6-8-17)12-22-20-10-9-18(16(3)26)11-21(20)25(27)28/h4-11,22H,12-13H2,1-3H3. The van der Waals surface area contributed by atoms with Gasteiger partial charge in [0.2, 0.25) is 0 Å². The van der Waals surface area contributed by atoms with Crippen LogP contribution < -0.4 is 5.32 Å². The summed E-state index contributed by atoms with van der Waals surface area (Å²) in [5.74, 6) is -0.205. The highest BCUT2D eigenvalue weighted by Crippen LogP contribution is 2.27. The Morgan fingerprint density at radius 1 is 1.18 bits per heavy atom.